The average molecular weight is 414 g/mol. The van der Waals surface area contributed by atoms with Gasteiger partial charge in [0.15, 0.2) is 0 Å². The number of nitrogens with one attached hydrogen (secondary N) is 1. The standard InChI is InChI=1S/C3H9N3Si.C3H4N3.C3H3.2Y/c1-7(2,3)6-5-4;1-3-2-4-6-5-3;1-3-2;;/h1-3H3;1H3,(H,4,5,6);1H3;;/q;2*-1;;. The maximum Gasteiger partial charge on any atom is 0.146 e. The second-order valence-electron chi connectivity index (χ2n) is 3.63. The van der Waals surface area contributed by atoms with Gasteiger partial charge in [-0.2, -0.15) is 0 Å². The summed E-state index contributed by atoms with van der Waals surface area (Å²) < 4.78 is 3.58. The van der Waals surface area contributed by atoms with Crippen LogP contribution in [0.15, 0.2) is 4.78 Å². The maximum atomic E-state index is 7.89. The summed E-state index contributed by atoms with van der Waals surface area (Å²) in [6, 6.07) is 0. The number of aromatic amines is 1. The molecule has 0 atom stereocenters. The van der Waals surface area contributed by atoms with Gasteiger partial charge in [0.1, 0.15) is 8.24 Å². The van der Waals surface area contributed by atoms with E-state index in [2.05, 4.69) is 31.3 Å². The molecule has 9 heteroatoms. The van der Waals surface area contributed by atoms with Crippen molar-refractivity contribution in [1.29, 1.82) is 0 Å². The number of rotatable bonds is 1. The second-order valence-corrected chi connectivity index (χ2v) is 8.17. The number of aromatic nitrogens is 3. The number of nitrogens with zero attached hydrogens (tertiary/aromatic N) is 5. The predicted octanol–water partition coefficient (Wildman–Crippen LogP) is 2.64. The van der Waals surface area contributed by atoms with Crippen LogP contribution in [0.2, 0.25) is 19.6 Å². The smallest absolute Gasteiger partial charge is 0.146 e. The first-order valence-electron chi connectivity index (χ1n) is 4.52. The third-order valence-corrected chi connectivity index (χ3v) is 1.52. The summed E-state index contributed by atoms with van der Waals surface area (Å²) in [5.74, 6) is 2.00. The number of aryl methyl sites for hydroxylation is 1. The number of azide groups is 1. The molecular weight excluding hydrogens is 398 g/mol. The molecule has 1 N–H and O–H groups in total. The first-order valence-corrected chi connectivity index (χ1v) is 7.97. The normalized spacial score (nSPS) is 7.33. The Hall–Kier alpha value is 0.435. The van der Waals surface area contributed by atoms with Crippen molar-refractivity contribution in [1.82, 2.24) is 15.4 Å². The van der Waals surface area contributed by atoms with Gasteiger partial charge in [0, 0.05) is 65.4 Å². The van der Waals surface area contributed by atoms with E-state index in [1.165, 1.54) is 0 Å². The molecular formula is C9H16N6SiY2-2. The molecule has 0 unspecified atom stereocenters. The molecule has 0 spiro atoms. The Morgan fingerprint density at radius 1 is 1.44 bits per heavy atom. The Balaban J connectivity index is -0.0000000825. The van der Waals surface area contributed by atoms with E-state index in [1.807, 2.05) is 32.5 Å². The fraction of sp³-hybridized carbons (Fsp3) is 0.556. The molecule has 1 rings (SSSR count). The van der Waals surface area contributed by atoms with Gasteiger partial charge in [0.2, 0.25) is 0 Å². The summed E-state index contributed by atoms with van der Waals surface area (Å²) in [7, 11) is -1.45. The summed E-state index contributed by atoms with van der Waals surface area (Å²) in [5.41, 5.74) is 8.70. The molecule has 0 aliphatic heterocycles. The van der Waals surface area contributed by atoms with Gasteiger partial charge in [0.25, 0.3) is 0 Å². The number of hydrogen-bond acceptors (Lipinski definition) is 3. The van der Waals surface area contributed by atoms with E-state index in [4.69, 9.17) is 12.0 Å². The van der Waals surface area contributed by atoms with Crippen LogP contribution in [0.1, 0.15) is 12.6 Å². The Morgan fingerprint density at radius 3 is 1.94 bits per heavy atom. The van der Waals surface area contributed by atoms with Crippen LogP contribution in [0.25, 0.3) is 10.4 Å². The van der Waals surface area contributed by atoms with E-state index in [9.17, 15) is 0 Å². The van der Waals surface area contributed by atoms with Gasteiger partial charge in [-0.15, -0.1) is 10.5 Å². The van der Waals surface area contributed by atoms with E-state index < -0.39 is 8.24 Å². The van der Waals surface area contributed by atoms with Crippen LogP contribution >= 0.6 is 0 Å². The van der Waals surface area contributed by atoms with Crippen molar-refractivity contribution in [3.63, 3.8) is 0 Å². The van der Waals surface area contributed by atoms with E-state index in [1.54, 1.807) is 6.92 Å². The quantitative estimate of drug-likeness (QED) is 0.191. The summed E-state index contributed by atoms with van der Waals surface area (Å²) in [4.78, 5) is 2.69. The molecule has 0 saturated heterocycles. The molecule has 0 aliphatic carbocycles. The van der Waals surface area contributed by atoms with Crippen molar-refractivity contribution in [2.75, 3.05) is 0 Å². The zero-order chi connectivity index (χ0) is 13.0. The SMILES string of the molecule is C[Si](C)(C)N=[N+]=[N-].Cc1[c-]n[nH]n1.[C-]#CC.[Y].[Y]. The molecule has 1 heterocycles. The number of H-pyrrole nitrogens is 1. The van der Waals surface area contributed by atoms with Crippen molar-refractivity contribution in [3.05, 3.63) is 28.8 Å². The fourth-order valence-electron chi connectivity index (χ4n) is 0.365. The Bertz CT molecular complexity index is 348. The molecule has 1 aromatic heterocycles. The van der Waals surface area contributed by atoms with Gasteiger partial charge in [0.05, 0.1) is 0 Å². The monoisotopic (exact) mass is 414 g/mol. The van der Waals surface area contributed by atoms with Crippen molar-refractivity contribution in [3.8, 4) is 5.92 Å². The maximum absolute atomic E-state index is 7.89. The van der Waals surface area contributed by atoms with Gasteiger partial charge < -0.3 is 23.6 Å². The molecule has 0 aliphatic rings. The third kappa shape index (κ3) is 29.9. The van der Waals surface area contributed by atoms with E-state index in [0.29, 0.717) is 0 Å². The molecule has 0 fully saturated rings. The molecule has 18 heavy (non-hydrogen) atoms. The molecule has 0 aromatic carbocycles. The first-order chi connectivity index (χ1) is 7.37. The Morgan fingerprint density at radius 2 is 1.89 bits per heavy atom. The molecule has 2 radical (unpaired) electrons. The zero-order valence-electron chi connectivity index (χ0n) is 11.4. The van der Waals surface area contributed by atoms with Crippen molar-refractivity contribution < 1.29 is 65.4 Å². The van der Waals surface area contributed by atoms with Crippen molar-refractivity contribution in [2.24, 2.45) is 4.78 Å². The Labute approximate surface area is 160 Å². The average Bonchev–Trinajstić information content (AvgIpc) is 2.56. The minimum Gasteiger partial charge on any atom is -0.694 e. The summed E-state index contributed by atoms with van der Waals surface area (Å²) >= 11 is 0. The van der Waals surface area contributed by atoms with Crippen LogP contribution in [-0.4, -0.2) is 23.6 Å². The van der Waals surface area contributed by atoms with Crippen LogP contribution < -0.4 is 0 Å². The zero-order valence-corrected chi connectivity index (χ0v) is 18.1. The third-order valence-electron chi connectivity index (χ3n) is 0.830. The number of hydrogen-bond donors (Lipinski definition) is 1. The Kier molecular flexibility index (Phi) is 26.0. The van der Waals surface area contributed by atoms with E-state index in [-0.39, 0.29) is 65.4 Å². The van der Waals surface area contributed by atoms with Crippen LogP contribution in [0.5, 0.6) is 0 Å². The molecule has 0 bridgehead atoms. The topological polar surface area (TPSA) is 90.3 Å². The largest absolute Gasteiger partial charge is 0.694 e. The molecule has 0 saturated carbocycles. The van der Waals surface area contributed by atoms with Crippen molar-refractivity contribution >= 4 is 8.24 Å². The van der Waals surface area contributed by atoms with Crippen LogP contribution in [0, 0.1) is 25.5 Å². The van der Waals surface area contributed by atoms with Gasteiger partial charge in [-0.25, -0.2) is 10.3 Å². The predicted molar refractivity (Wildman–Crippen MR) is 65.3 cm³/mol. The molecule has 6 nitrogen and oxygen atoms in total. The minimum atomic E-state index is -1.45. The van der Waals surface area contributed by atoms with Crippen LogP contribution in [-0.2, 0) is 65.4 Å². The van der Waals surface area contributed by atoms with Gasteiger partial charge in [-0.05, 0) is 17.4 Å². The molecule has 0 amide bonds. The molecule has 94 valence electrons. The van der Waals surface area contributed by atoms with Gasteiger partial charge in [-0.1, -0.05) is 26.6 Å². The summed E-state index contributed by atoms with van der Waals surface area (Å²) in [6.07, 6.45) is 8.54. The fourth-order valence-corrected chi connectivity index (χ4v) is 0.633. The minimum absolute atomic E-state index is 0. The first kappa shape index (κ1) is 26.9. The van der Waals surface area contributed by atoms with Crippen LogP contribution in [0.4, 0.5) is 0 Å². The molecule has 1 aromatic rings. The summed E-state index contributed by atoms with van der Waals surface area (Å²) in [6.45, 7) is 9.34. The van der Waals surface area contributed by atoms with Gasteiger partial charge >= 0.3 is 0 Å². The second kappa shape index (κ2) is 17.4. The van der Waals surface area contributed by atoms with Crippen molar-refractivity contribution in [2.45, 2.75) is 33.5 Å². The summed E-state index contributed by atoms with van der Waals surface area (Å²) in [5, 5.41) is 9.46. The van der Waals surface area contributed by atoms with E-state index in [0.717, 1.165) is 5.69 Å². The van der Waals surface area contributed by atoms with Crippen LogP contribution in [0.3, 0.4) is 0 Å². The van der Waals surface area contributed by atoms with Gasteiger partial charge in [-0.3, -0.25) is 0 Å². The van der Waals surface area contributed by atoms with E-state index >= 15 is 0 Å².